The highest BCUT2D eigenvalue weighted by Crippen LogP contribution is 2.25. The van der Waals surface area contributed by atoms with Crippen molar-refractivity contribution in [2.24, 2.45) is 0 Å². The number of amides is 1. The molecular weight excluding hydrogens is 413 g/mol. The van der Waals surface area contributed by atoms with Gasteiger partial charge in [0.05, 0.1) is 24.4 Å². The van der Waals surface area contributed by atoms with Crippen LogP contribution in [-0.4, -0.2) is 58.4 Å². The number of aromatic nitrogens is 4. The number of carbonyl (C=O) groups is 1. The molecule has 32 heavy (non-hydrogen) atoms. The van der Waals surface area contributed by atoms with E-state index in [4.69, 9.17) is 4.42 Å². The van der Waals surface area contributed by atoms with Crippen molar-refractivity contribution < 1.29 is 13.6 Å². The minimum atomic E-state index is -0.263. The zero-order valence-corrected chi connectivity index (χ0v) is 17.3. The van der Waals surface area contributed by atoms with Crippen LogP contribution in [0, 0.1) is 5.82 Å². The third-order valence-corrected chi connectivity index (χ3v) is 5.54. The Bertz CT molecular complexity index is 1200. The van der Waals surface area contributed by atoms with E-state index >= 15 is 0 Å². The fourth-order valence-corrected chi connectivity index (χ4v) is 3.89. The number of halogens is 1. The van der Waals surface area contributed by atoms with Crippen LogP contribution in [0.1, 0.15) is 10.6 Å². The predicted octanol–water partition coefficient (Wildman–Crippen LogP) is 2.31. The SMILES string of the molecule is O=C(NCCn1ncc2c(N3CCN(c4ccc(F)cc4)CC3)ncnc21)c1ccco1. The van der Waals surface area contributed by atoms with E-state index in [0.29, 0.717) is 13.1 Å². The van der Waals surface area contributed by atoms with E-state index in [9.17, 15) is 9.18 Å². The van der Waals surface area contributed by atoms with Crippen LogP contribution in [0.4, 0.5) is 15.9 Å². The maximum Gasteiger partial charge on any atom is 0.287 e. The number of rotatable bonds is 6. The molecule has 0 atom stereocenters. The summed E-state index contributed by atoms with van der Waals surface area (Å²) in [5.41, 5.74) is 1.74. The molecule has 0 spiro atoms. The van der Waals surface area contributed by atoms with Gasteiger partial charge < -0.3 is 19.5 Å². The molecule has 1 amide bonds. The van der Waals surface area contributed by atoms with Crippen molar-refractivity contribution >= 4 is 28.4 Å². The van der Waals surface area contributed by atoms with Crippen molar-refractivity contribution in [3.05, 3.63) is 66.8 Å². The number of piperazine rings is 1. The summed E-state index contributed by atoms with van der Waals surface area (Å²) in [6, 6.07) is 9.88. The number of nitrogens with one attached hydrogen (secondary N) is 1. The van der Waals surface area contributed by atoms with E-state index in [0.717, 1.165) is 48.7 Å². The Morgan fingerprint density at radius 2 is 1.84 bits per heavy atom. The second-order valence-corrected chi connectivity index (χ2v) is 7.49. The molecule has 0 unspecified atom stereocenters. The largest absolute Gasteiger partial charge is 0.459 e. The Labute approximate surface area is 183 Å². The van der Waals surface area contributed by atoms with Gasteiger partial charge in [0.25, 0.3) is 5.91 Å². The van der Waals surface area contributed by atoms with Gasteiger partial charge in [0.15, 0.2) is 11.4 Å². The molecule has 10 heteroatoms. The van der Waals surface area contributed by atoms with Crippen LogP contribution < -0.4 is 15.1 Å². The van der Waals surface area contributed by atoms with Crippen LogP contribution in [0.25, 0.3) is 11.0 Å². The van der Waals surface area contributed by atoms with Gasteiger partial charge in [0.2, 0.25) is 0 Å². The minimum absolute atomic E-state index is 0.228. The summed E-state index contributed by atoms with van der Waals surface area (Å²) in [7, 11) is 0. The molecule has 5 rings (SSSR count). The molecule has 4 heterocycles. The molecule has 1 aliphatic heterocycles. The molecule has 1 saturated heterocycles. The first-order chi connectivity index (χ1) is 15.7. The normalized spacial score (nSPS) is 14.2. The summed E-state index contributed by atoms with van der Waals surface area (Å²) in [5.74, 6) is 0.633. The Morgan fingerprint density at radius 3 is 2.59 bits per heavy atom. The van der Waals surface area contributed by atoms with Gasteiger partial charge in [-0.15, -0.1) is 0 Å². The van der Waals surface area contributed by atoms with Crippen LogP contribution in [0.15, 0.2) is 59.6 Å². The number of benzene rings is 1. The van der Waals surface area contributed by atoms with Crippen LogP contribution in [-0.2, 0) is 6.54 Å². The highest BCUT2D eigenvalue weighted by Gasteiger charge is 2.21. The van der Waals surface area contributed by atoms with Crippen LogP contribution in [0.3, 0.4) is 0 Å². The Kier molecular flexibility index (Phi) is 5.40. The zero-order valence-electron chi connectivity index (χ0n) is 17.3. The summed E-state index contributed by atoms with van der Waals surface area (Å²) < 4.78 is 20.1. The van der Waals surface area contributed by atoms with Gasteiger partial charge in [0.1, 0.15) is 18.0 Å². The topological polar surface area (TPSA) is 92.3 Å². The molecule has 0 aliphatic carbocycles. The molecule has 0 saturated carbocycles. The lowest BCUT2D eigenvalue weighted by atomic mass is 10.2. The van der Waals surface area contributed by atoms with Gasteiger partial charge in [-0.05, 0) is 36.4 Å². The lowest BCUT2D eigenvalue weighted by Crippen LogP contribution is -2.46. The molecular formula is C22H22FN7O2. The van der Waals surface area contributed by atoms with Crippen molar-refractivity contribution in [1.82, 2.24) is 25.1 Å². The molecule has 9 nitrogen and oxygen atoms in total. The summed E-state index contributed by atoms with van der Waals surface area (Å²) >= 11 is 0. The fraction of sp³-hybridized carbons (Fsp3) is 0.273. The van der Waals surface area contributed by atoms with Gasteiger partial charge in [-0.2, -0.15) is 5.10 Å². The first kappa shape index (κ1) is 20.0. The van der Waals surface area contributed by atoms with Crippen molar-refractivity contribution in [1.29, 1.82) is 0 Å². The van der Waals surface area contributed by atoms with Crippen LogP contribution >= 0.6 is 0 Å². The fourth-order valence-electron chi connectivity index (χ4n) is 3.89. The molecule has 1 fully saturated rings. The van der Waals surface area contributed by atoms with Gasteiger partial charge in [-0.1, -0.05) is 0 Å². The van der Waals surface area contributed by atoms with Crippen molar-refractivity contribution in [2.75, 3.05) is 42.5 Å². The molecule has 164 valence electrons. The Balaban J connectivity index is 1.24. The Morgan fingerprint density at radius 1 is 1.06 bits per heavy atom. The molecule has 1 N–H and O–H groups in total. The minimum Gasteiger partial charge on any atom is -0.459 e. The molecule has 3 aromatic heterocycles. The smallest absolute Gasteiger partial charge is 0.287 e. The van der Waals surface area contributed by atoms with Gasteiger partial charge in [-0.25, -0.2) is 19.0 Å². The maximum absolute atomic E-state index is 13.2. The standard InChI is InChI=1S/C22H22FN7O2/c23-16-3-5-17(6-4-16)28-9-11-29(12-10-28)20-18-14-27-30(21(18)26-15-25-20)8-7-24-22(31)19-2-1-13-32-19/h1-6,13-15H,7-12H2,(H,24,31). The lowest BCUT2D eigenvalue weighted by Gasteiger charge is -2.36. The van der Waals surface area contributed by atoms with Gasteiger partial charge >= 0.3 is 0 Å². The summed E-state index contributed by atoms with van der Waals surface area (Å²) in [6.45, 7) is 4.06. The van der Waals surface area contributed by atoms with Crippen molar-refractivity contribution in [2.45, 2.75) is 6.54 Å². The first-order valence-corrected chi connectivity index (χ1v) is 10.4. The molecule has 0 bridgehead atoms. The number of hydrogen-bond acceptors (Lipinski definition) is 7. The maximum atomic E-state index is 13.2. The third-order valence-electron chi connectivity index (χ3n) is 5.54. The molecule has 0 radical (unpaired) electrons. The van der Waals surface area contributed by atoms with E-state index in [1.54, 1.807) is 29.3 Å². The van der Waals surface area contributed by atoms with E-state index in [1.807, 2.05) is 12.1 Å². The van der Waals surface area contributed by atoms with E-state index in [1.165, 1.54) is 18.4 Å². The quantitative estimate of drug-likeness (QED) is 0.497. The average molecular weight is 435 g/mol. The lowest BCUT2D eigenvalue weighted by molar-refractivity contribution is 0.0924. The van der Waals surface area contributed by atoms with Crippen LogP contribution in [0.5, 0.6) is 0 Å². The summed E-state index contributed by atoms with van der Waals surface area (Å²) in [5, 5.41) is 8.14. The van der Waals surface area contributed by atoms with Gasteiger partial charge in [-0.3, -0.25) is 4.79 Å². The number of anilines is 2. The third kappa shape index (κ3) is 3.98. The number of nitrogens with zero attached hydrogens (tertiary/aromatic N) is 6. The predicted molar refractivity (Wildman–Crippen MR) is 117 cm³/mol. The zero-order chi connectivity index (χ0) is 21.9. The summed E-state index contributed by atoms with van der Waals surface area (Å²) in [4.78, 5) is 25.4. The second-order valence-electron chi connectivity index (χ2n) is 7.49. The van der Waals surface area contributed by atoms with Crippen molar-refractivity contribution in [3.63, 3.8) is 0 Å². The van der Waals surface area contributed by atoms with Gasteiger partial charge in [0, 0.05) is 38.4 Å². The summed E-state index contributed by atoms with van der Waals surface area (Å²) in [6.07, 6.45) is 4.78. The Hall–Kier alpha value is -3.95. The molecule has 1 aromatic carbocycles. The van der Waals surface area contributed by atoms with E-state index < -0.39 is 0 Å². The molecule has 4 aromatic rings. The van der Waals surface area contributed by atoms with E-state index in [2.05, 4.69) is 30.2 Å². The second kappa shape index (κ2) is 8.66. The molecule has 1 aliphatic rings. The highest BCUT2D eigenvalue weighted by molar-refractivity contribution is 5.91. The first-order valence-electron chi connectivity index (χ1n) is 10.4. The highest BCUT2D eigenvalue weighted by atomic mass is 19.1. The van der Waals surface area contributed by atoms with Crippen LogP contribution in [0.2, 0.25) is 0 Å². The van der Waals surface area contributed by atoms with Crippen molar-refractivity contribution in [3.8, 4) is 0 Å². The number of hydrogen-bond donors (Lipinski definition) is 1. The number of fused-ring (bicyclic) bond motifs is 1. The monoisotopic (exact) mass is 435 g/mol. The van der Waals surface area contributed by atoms with E-state index in [-0.39, 0.29) is 17.5 Å². The number of carbonyl (C=O) groups excluding carboxylic acids is 1. The number of furan rings is 1. The average Bonchev–Trinajstić information content (AvgIpc) is 3.50.